The molecule has 0 atom stereocenters. The van der Waals surface area contributed by atoms with E-state index in [-0.39, 0.29) is 5.15 Å². The Hall–Kier alpha value is -2.01. The van der Waals surface area contributed by atoms with Crippen LogP contribution in [0.2, 0.25) is 5.15 Å². The molecule has 2 aromatic rings. The Labute approximate surface area is 97.2 Å². The average Bonchev–Trinajstić information content (AvgIpc) is 2.33. The van der Waals surface area contributed by atoms with E-state index in [1.807, 2.05) is 12.1 Å². The topological polar surface area (TPSA) is 63.1 Å². The van der Waals surface area contributed by atoms with Crippen molar-refractivity contribution in [2.45, 2.75) is 0 Å². The van der Waals surface area contributed by atoms with Crippen molar-refractivity contribution in [3.8, 4) is 0 Å². The van der Waals surface area contributed by atoms with Crippen LogP contribution >= 0.6 is 11.6 Å². The number of rotatable bonds is 3. The molecule has 0 spiro atoms. The van der Waals surface area contributed by atoms with E-state index in [1.54, 1.807) is 18.6 Å². The molecule has 5 nitrogen and oxygen atoms in total. The van der Waals surface area contributed by atoms with Gasteiger partial charge in [-0.1, -0.05) is 17.7 Å². The molecule has 2 rings (SSSR count). The Morgan fingerprint density at radius 3 is 2.88 bits per heavy atom. The maximum atomic E-state index is 5.78. The molecule has 2 heterocycles. The molecular weight excluding hydrogens is 226 g/mol. The van der Waals surface area contributed by atoms with E-state index < -0.39 is 0 Å². The van der Waals surface area contributed by atoms with Crippen LogP contribution in [0.4, 0.5) is 5.82 Å². The second kappa shape index (κ2) is 5.18. The maximum Gasteiger partial charge on any atom is 0.184 e. The van der Waals surface area contributed by atoms with Crippen molar-refractivity contribution in [1.29, 1.82) is 0 Å². The van der Waals surface area contributed by atoms with Gasteiger partial charge in [-0.2, -0.15) is 5.10 Å². The van der Waals surface area contributed by atoms with Gasteiger partial charge in [0, 0.05) is 30.4 Å². The molecule has 0 bridgehead atoms. The Balaban J connectivity index is 2.03. The van der Waals surface area contributed by atoms with Crippen molar-refractivity contribution in [2.24, 2.45) is 5.10 Å². The molecule has 6 heteroatoms. The second-order valence-electron chi connectivity index (χ2n) is 2.85. The fourth-order valence-corrected chi connectivity index (χ4v) is 1.16. The van der Waals surface area contributed by atoms with Gasteiger partial charge in [0.1, 0.15) is 0 Å². The molecule has 0 aliphatic rings. The predicted molar refractivity (Wildman–Crippen MR) is 62.5 cm³/mol. The minimum Gasteiger partial charge on any atom is -0.264 e. The molecule has 0 aromatic carbocycles. The van der Waals surface area contributed by atoms with Crippen molar-refractivity contribution in [1.82, 2.24) is 15.0 Å². The van der Waals surface area contributed by atoms with Gasteiger partial charge >= 0.3 is 0 Å². The quantitative estimate of drug-likeness (QED) is 0.650. The van der Waals surface area contributed by atoms with Gasteiger partial charge in [0.15, 0.2) is 11.0 Å². The largest absolute Gasteiger partial charge is 0.264 e. The van der Waals surface area contributed by atoms with E-state index in [2.05, 4.69) is 25.5 Å². The van der Waals surface area contributed by atoms with Gasteiger partial charge in [0.2, 0.25) is 0 Å². The first-order chi connectivity index (χ1) is 7.86. The van der Waals surface area contributed by atoms with Gasteiger partial charge in [-0.3, -0.25) is 10.4 Å². The van der Waals surface area contributed by atoms with Gasteiger partial charge in [-0.05, 0) is 6.07 Å². The zero-order chi connectivity index (χ0) is 11.2. The standard InChI is InChI=1S/C10H8ClN5/c11-9-10(14-5-4-13-9)16-15-7-8-2-1-3-12-6-8/h1-7H,(H,14,16)/b15-7+. The van der Waals surface area contributed by atoms with Crippen LogP contribution in [0, 0.1) is 0 Å². The van der Waals surface area contributed by atoms with Crippen LogP contribution in [-0.4, -0.2) is 21.2 Å². The van der Waals surface area contributed by atoms with E-state index in [4.69, 9.17) is 11.6 Å². The Morgan fingerprint density at radius 1 is 1.25 bits per heavy atom. The average molecular weight is 234 g/mol. The summed E-state index contributed by atoms with van der Waals surface area (Å²) in [4.78, 5) is 11.8. The number of anilines is 1. The lowest BCUT2D eigenvalue weighted by molar-refractivity contribution is 1.16. The molecule has 0 saturated carbocycles. The van der Waals surface area contributed by atoms with E-state index >= 15 is 0 Å². The summed E-state index contributed by atoms with van der Waals surface area (Å²) >= 11 is 5.78. The van der Waals surface area contributed by atoms with Gasteiger partial charge in [-0.25, -0.2) is 9.97 Å². The minimum atomic E-state index is 0.283. The molecule has 0 aliphatic heterocycles. The van der Waals surface area contributed by atoms with Crippen LogP contribution in [0.15, 0.2) is 42.0 Å². The molecule has 0 radical (unpaired) electrons. The number of aromatic nitrogens is 3. The van der Waals surface area contributed by atoms with E-state index in [9.17, 15) is 0 Å². The number of halogens is 1. The molecule has 0 unspecified atom stereocenters. The normalized spacial score (nSPS) is 10.6. The van der Waals surface area contributed by atoms with Crippen LogP contribution in [0.1, 0.15) is 5.56 Å². The van der Waals surface area contributed by atoms with Crippen molar-refractivity contribution in [3.63, 3.8) is 0 Å². The van der Waals surface area contributed by atoms with Crippen molar-refractivity contribution < 1.29 is 0 Å². The summed E-state index contributed by atoms with van der Waals surface area (Å²) < 4.78 is 0. The van der Waals surface area contributed by atoms with Crippen molar-refractivity contribution in [3.05, 3.63) is 47.6 Å². The lowest BCUT2D eigenvalue weighted by Gasteiger charge is -1.99. The molecule has 0 aliphatic carbocycles. The molecule has 2 aromatic heterocycles. The second-order valence-corrected chi connectivity index (χ2v) is 3.21. The first-order valence-electron chi connectivity index (χ1n) is 4.52. The van der Waals surface area contributed by atoms with E-state index in [0.717, 1.165) is 5.56 Å². The fraction of sp³-hybridized carbons (Fsp3) is 0. The number of hydrogen-bond acceptors (Lipinski definition) is 5. The number of nitrogens with one attached hydrogen (secondary N) is 1. The highest BCUT2D eigenvalue weighted by atomic mass is 35.5. The summed E-state index contributed by atoms with van der Waals surface area (Å²) in [5.74, 6) is 0.421. The fourth-order valence-electron chi connectivity index (χ4n) is 1.02. The molecule has 0 saturated heterocycles. The number of hydrazone groups is 1. The Kier molecular flexibility index (Phi) is 3.40. The van der Waals surface area contributed by atoms with E-state index in [1.165, 1.54) is 12.4 Å². The highest BCUT2D eigenvalue weighted by Crippen LogP contribution is 2.13. The lowest BCUT2D eigenvalue weighted by atomic mass is 10.3. The Morgan fingerprint density at radius 2 is 2.12 bits per heavy atom. The van der Waals surface area contributed by atoms with Crippen molar-refractivity contribution >= 4 is 23.6 Å². The highest BCUT2D eigenvalue weighted by molar-refractivity contribution is 6.31. The third kappa shape index (κ3) is 2.74. The first-order valence-corrected chi connectivity index (χ1v) is 4.89. The van der Waals surface area contributed by atoms with E-state index in [0.29, 0.717) is 5.82 Å². The first kappa shape index (κ1) is 10.5. The molecular formula is C10H8ClN5. The minimum absolute atomic E-state index is 0.283. The molecule has 16 heavy (non-hydrogen) atoms. The molecule has 1 N–H and O–H groups in total. The molecule has 0 amide bonds. The zero-order valence-corrected chi connectivity index (χ0v) is 8.96. The third-order valence-corrected chi connectivity index (χ3v) is 2.00. The number of hydrogen-bond donors (Lipinski definition) is 1. The molecule has 80 valence electrons. The molecule has 0 fully saturated rings. The summed E-state index contributed by atoms with van der Waals surface area (Å²) in [7, 11) is 0. The van der Waals surface area contributed by atoms with Crippen LogP contribution in [0.3, 0.4) is 0 Å². The highest BCUT2D eigenvalue weighted by Gasteiger charge is 1.98. The van der Waals surface area contributed by atoms with Gasteiger partial charge in [0.05, 0.1) is 6.21 Å². The van der Waals surface area contributed by atoms with Crippen LogP contribution < -0.4 is 5.43 Å². The monoisotopic (exact) mass is 233 g/mol. The summed E-state index contributed by atoms with van der Waals surface area (Å²) in [6, 6.07) is 3.72. The lowest BCUT2D eigenvalue weighted by Crippen LogP contribution is -1.95. The predicted octanol–water partition coefficient (Wildman–Crippen LogP) is 1.97. The maximum absolute atomic E-state index is 5.78. The third-order valence-electron chi connectivity index (χ3n) is 1.72. The summed E-state index contributed by atoms with van der Waals surface area (Å²) in [6.07, 6.45) is 8.07. The SMILES string of the molecule is Clc1nccnc1N/N=C/c1cccnc1. The zero-order valence-electron chi connectivity index (χ0n) is 8.21. The smallest absolute Gasteiger partial charge is 0.184 e. The van der Waals surface area contributed by atoms with Crippen molar-refractivity contribution in [2.75, 3.05) is 5.43 Å². The van der Waals surface area contributed by atoms with Gasteiger partial charge < -0.3 is 0 Å². The number of pyridine rings is 1. The number of nitrogens with zero attached hydrogens (tertiary/aromatic N) is 4. The Bertz CT molecular complexity index is 486. The van der Waals surface area contributed by atoms with Gasteiger partial charge in [-0.15, -0.1) is 0 Å². The van der Waals surface area contributed by atoms with Crippen LogP contribution in [-0.2, 0) is 0 Å². The van der Waals surface area contributed by atoms with Crippen LogP contribution in [0.25, 0.3) is 0 Å². The summed E-state index contributed by atoms with van der Waals surface area (Å²) in [6.45, 7) is 0. The van der Waals surface area contributed by atoms with Crippen LogP contribution in [0.5, 0.6) is 0 Å². The van der Waals surface area contributed by atoms with Gasteiger partial charge in [0.25, 0.3) is 0 Å². The summed E-state index contributed by atoms with van der Waals surface area (Å²) in [5, 5.41) is 4.25. The summed E-state index contributed by atoms with van der Waals surface area (Å²) in [5.41, 5.74) is 3.58.